The highest BCUT2D eigenvalue weighted by Crippen LogP contribution is 2.47. The van der Waals surface area contributed by atoms with Crippen LogP contribution >= 0.6 is 11.3 Å². The van der Waals surface area contributed by atoms with E-state index in [-0.39, 0.29) is 0 Å². The van der Waals surface area contributed by atoms with E-state index in [0.717, 1.165) is 11.4 Å². The molecule has 1 nitrogen and oxygen atoms in total. The minimum Gasteiger partial charge on any atom is -0.308 e. The first-order valence-corrected chi connectivity index (χ1v) is 19.2. The molecule has 0 saturated carbocycles. The van der Waals surface area contributed by atoms with Crippen molar-refractivity contribution >= 4 is 59.3 Å². The molecule has 0 aliphatic heterocycles. The Balaban J connectivity index is 1.14. The maximum absolute atomic E-state index is 2.47. The maximum atomic E-state index is 2.47. The van der Waals surface area contributed by atoms with E-state index in [2.05, 4.69) is 217 Å². The summed E-state index contributed by atoms with van der Waals surface area (Å²) in [7, 11) is 0. The summed E-state index contributed by atoms with van der Waals surface area (Å²) >= 11 is 1.87. The van der Waals surface area contributed by atoms with Gasteiger partial charge in [0, 0.05) is 26.7 Å². The maximum Gasteiger partial charge on any atom is 0.0640 e. The van der Waals surface area contributed by atoms with Gasteiger partial charge in [0.1, 0.15) is 0 Å². The lowest BCUT2D eigenvalue weighted by molar-refractivity contribution is 1.30. The number of thiophene rings is 1. The molecule has 54 heavy (non-hydrogen) atoms. The molecule has 0 radical (unpaired) electrons. The number of nitrogens with zero attached hydrogens (tertiary/aromatic N) is 1. The molecule has 0 atom stereocenters. The molecule has 1 heterocycles. The van der Waals surface area contributed by atoms with Gasteiger partial charge in [0.25, 0.3) is 0 Å². The highest BCUT2D eigenvalue weighted by molar-refractivity contribution is 7.26. The fourth-order valence-corrected chi connectivity index (χ4v) is 9.08. The fraction of sp³-hybridized carbons (Fsp3) is 0. The molecule has 0 N–H and O–H groups in total. The summed E-state index contributed by atoms with van der Waals surface area (Å²) in [5.41, 5.74) is 13.0. The number of benzene rings is 9. The predicted molar refractivity (Wildman–Crippen MR) is 233 cm³/mol. The third-order valence-corrected chi connectivity index (χ3v) is 11.7. The predicted octanol–water partition coefficient (Wildman–Crippen LogP) is 15.3. The van der Waals surface area contributed by atoms with Gasteiger partial charge in [0.2, 0.25) is 0 Å². The van der Waals surface area contributed by atoms with Crippen LogP contribution < -0.4 is 4.90 Å². The molecular weight excluding hydrogens is 671 g/mol. The average molecular weight is 706 g/mol. The van der Waals surface area contributed by atoms with Gasteiger partial charge in [-0.3, -0.25) is 0 Å². The Morgan fingerprint density at radius 2 is 0.870 bits per heavy atom. The highest BCUT2D eigenvalue weighted by Gasteiger charge is 2.21. The molecule has 0 saturated heterocycles. The Kier molecular flexibility index (Phi) is 8.09. The number of hydrogen-bond donors (Lipinski definition) is 0. The lowest BCUT2D eigenvalue weighted by Gasteiger charge is -2.29. The van der Waals surface area contributed by atoms with Crippen LogP contribution in [-0.4, -0.2) is 0 Å². The second kappa shape index (κ2) is 13.7. The average Bonchev–Trinajstić information content (AvgIpc) is 3.64. The van der Waals surface area contributed by atoms with Gasteiger partial charge in [-0.05, 0) is 86.1 Å². The van der Waals surface area contributed by atoms with E-state index in [9.17, 15) is 0 Å². The van der Waals surface area contributed by atoms with Crippen LogP contribution in [0.15, 0.2) is 212 Å². The SMILES string of the molecule is c1ccc(-c2ccc(-c3ccccc3N(c3cccc(-c4cccc(-c5cccc6ccccc56)c4)c3)c3cccc4c3sc3ccccc34)cc2)cc1. The molecule has 0 spiro atoms. The summed E-state index contributed by atoms with van der Waals surface area (Å²) in [6, 6.07) is 77.1. The minimum absolute atomic E-state index is 1.11. The van der Waals surface area contributed by atoms with Crippen molar-refractivity contribution in [1.29, 1.82) is 0 Å². The van der Waals surface area contributed by atoms with Gasteiger partial charge in [-0.25, -0.2) is 0 Å². The fourth-order valence-electron chi connectivity index (χ4n) is 7.87. The molecule has 9 aromatic carbocycles. The molecule has 0 unspecified atom stereocenters. The molecule has 2 heteroatoms. The number of anilines is 3. The van der Waals surface area contributed by atoms with Gasteiger partial charge in [-0.2, -0.15) is 0 Å². The first kappa shape index (κ1) is 32.0. The van der Waals surface area contributed by atoms with Gasteiger partial charge in [0.15, 0.2) is 0 Å². The van der Waals surface area contributed by atoms with E-state index in [0.29, 0.717) is 0 Å². The smallest absolute Gasteiger partial charge is 0.0640 e. The molecule has 10 aromatic rings. The lowest BCUT2D eigenvalue weighted by Crippen LogP contribution is -2.11. The van der Waals surface area contributed by atoms with Crippen molar-refractivity contribution in [2.45, 2.75) is 0 Å². The van der Waals surface area contributed by atoms with E-state index >= 15 is 0 Å². The zero-order valence-corrected chi connectivity index (χ0v) is 30.4. The Hall–Kier alpha value is -6.74. The first-order chi connectivity index (χ1) is 26.8. The Morgan fingerprint density at radius 1 is 0.315 bits per heavy atom. The number of hydrogen-bond acceptors (Lipinski definition) is 2. The Labute approximate surface area is 319 Å². The van der Waals surface area contributed by atoms with Gasteiger partial charge in [0.05, 0.1) is 16.1 Å². The van der Waals surface area contributed by atoms with Crippen molar-refractivity contribution in [2.75, 3.05) is 4.90 Å². The van der Waals surface area contributed by atoms with Crippen molar-refractivity contribution in [3.05, 3.63) is 212 Å². The lowest BCUT2D eigenvalue weighted by atomic mass is 9.95. The monoisotopic (exact) mass is 705 g/mol. The van der Waals surface area contributed by atoms with E-state index < -0.39 is 0 Å². The quantitative estimate of drug-likeness (QED) is 0.160. The van der Waals surface area contributed by atoms with Crippen LogP contribution in [-0.2, 0) is 0 Å². The zero-order valence-electron chi connectivity index (χ0n) is 29.6. The number of para-hydroxylation sites is 1. The van der Waals surface area contributed by atoms with E-state index in [1.165, 1.54) is 81.1 Å². The Bertz CT molecular complexity index is 2930. The summed E-state index contributed by atoms with van der Waals surface area (Å²) in [6.45, 7) is 0. The molecular formula is C52H35NS. The van der Waals surface area contributed by atoms with Crippen molar-refractivity contribution in [2.24, 2.45) is 0 Å². The third-order valence-electron chi connectivity index (χ3n) is 10.5. The van der Waals surface area contributed by atoms with Gasteiger partial charge >= 0.3 is 0 Å². The normalized spacial score (nSPS) is 11.3. The second-order valence-corrected chi connectivity index (χ2v) is 14.8. The third kappa shape index (κ3) is 5.74. The van der Waals surface area contributed by atoms with Gasteiger partial charge in [-0.15, -0.1) is 11.3 Å². The molecule has 10 rings (SSSR count). The van der Waals surface area contributed by atoms with Crippen LogP contribution in [0.2, 0.25) is 0 Å². The summed E-state index contributed by atoms with van der Waals surface area (Å²) in [6.07, 6.45) is 0. The van der Waals surface area contributed by atoms with Crippen molar-refractivity contribution in [3.63, 3.8) is 0 Å². The van der Waals surface area contributed by atoms with Crippen LogP contribution in [0.4, 0.5) is 17.1 Å². The van der Waals surface area contributed by atoms with Crippen molar-refractivity contribution in [1.82, 2.24) is 0 Å². The molecule has 254 valence electrons. The summed E-state index contributed by atoms with van der Waals surface area (Å²) in [5, 5.41) is 5.09. The second-order valence-electron chi connectivity index (χ2n) is 13.7. The van der Waals surface area contributed by atoms with Crippen molar-refractivity contribution < 1.29 is 0 Å². The standard InChI is InChI=1S/C52H35NS/c1-2-14-36(15-3-1)37-30-32-39(33-31-37)46-23-6-8-27-49(46)53(50-28-13-26-48-47-24-7-9-29-51(47)54-52(48)50)43-21-11-19-41(35-43)40-18-10-20-42(34-40)45-25-12-17-38-16-4-5-22-44(38)45/h1-35H. The minimum atomic E-state index is 1.11. The topological polar surface area (TPSA) is 3.24 Å². The summed E-state index contributed by atoms with van der Waals surface area (Å²) < 4.78 is 2.57. The molecule has 0 aliphatic rings. The van der Waals surface area contributed by atoms with Gasteiger partial charge in [-0.1, -0.05) is 176 Å². The van der Waals surface area contributed by atoms with Crippen LogP contribution in [0.25, 0.3) is 75.5 Å². The van der Waals surface area contributed by atoms with Gasteiger partial charge < -0.3 is 4.90 Å². The van der Waals surface area contributed by atoms with Crippen LogP contribution in [0, 0.1) is 0 Å². The molecule has 0 aliphatic carbocycles. The summed E-state index contributed by atoms with van der Waals surface area (Å²) in [4.78, 5) is 2.47. The molecule has 0 bridgehead atoms. The largest absolute Gasteiger partial charge is 0.308 e. The highest BCUT2D eigenvalue weighted by atomic mass is 32.1. The van der Waals surface area contributed by atoms with Crippen LogP contribution in [0.5, 0.6) is 0 Å². The van der Waals surface area contributed by atoms with Crippen LogP contribution in [0.3, 0.4) is 0 Å². The molecule has 0 amide bonds. The van der Waals surface area contributed by atoms with E-state index in [1.54, 1.807) is 0 Å². The number of fused-ring (bicyclic) bond motifs is 4. The first-order valence-electron chi connectivity index (χ1n) is 18.4. The summed E-state index contributed by atoms with van der Waals surface area (Å²) in [5.74, 6) is 0. The van der Waals surface area contributed by atoms with E-state index in [1.807, 2.05) is 11.3 Å². The Morgan fingerprint density at radius 3 is 1.76 bits per heavy atom. The molecule has 1 aromatic heterocycles. The zero-order chi connectivity index (χ0) is 35.8. The molecule has 0 fully saturated rings. The van der Waals surface area contributed by atoms with Crippen molar-refractivity contribution in [3.8, 4) is 44.5 Å². The van der Waals surface area contributed by atoms with E-state index in [4.69, 9.17) is 0 Å². The number of rotatable bonds is 7. The van der Waals surface area contributed by atoms with Crippen LogP contribution in [0.1, 0.15) is 0 Å².